The molecule has 2 aromatic carbocycles. The average Bonchev–Trinajstić information content (AvgIpc) is 2.57. The Kier molecular flexibility index (Phi) is 4.87. The van der Waals surface area contributed by atoms with Crippen LogP contribution in [0.2, 0.25) is 5.02 Å². The van der Waals surface area contributed by atoms with Gasteiger partial charge in [0.15, 0.2) is 11.6 Å². The fraction of sp³-hybridized carbons (Fsp3) is 0.0588. The summed E-state index contributed by atoms with van der Waals surface area (Å²) in [5.74, 6) is 1.05. The van der Waals surface area contributed by atoms with E-state index in [4.69, 9.17) is 17.3 Å². The topological polar surface area (TPSA) is 75.9 Å². The second-order valence-corrected chi connectivity index (χ2v) is 6.39. The smallest absolute Gasteiger partial charge is 0.159 e. The van der Waals surface area contributed by atoms with Crippen molar-refractivity contribution in [2.24, 2.45) is 0 Å². The van der Waals surface area contributed by atoms with Crippen LogP contribution < -0.4 is 16.4 Å². The molecule has 0 radical (unpaired) electrons. The number of nitrogens with zero attached hydrogens (tertiary/aromatic N) is 2. The summed E-state index contributed by atoms with van der Waals surface area (Å²) in [7, 11) is 0. The summed E-state index contributed by atoms with van der Waals surface area (Å²) in [5, 5.41) is 7.09. The number of benzene rings is 2. The van der Waals surface area contributed by atoms with E-state index < -0.39 is 0 Å². The third-order valence-electron chi connectivity index (χ3n) is 3.53. The van der Waals surface area contributed by atoms with Crippen molar-refractivity contribution in [1.82, 2.24) is 9.97 Å². The van der Waals surface area contributed by atoms with Gasteiger partial charge in [0.05, 0.1) is 5.69 Å². The van der Waals surface area contributed by atoms with Crippen molar-refractivity contribution in [3.8, 4) is 0 Å². The zero-order valence-electron chi connectivity index (χ0n) is 12.8. The van der Waals surface area contributed by atoms with Gasteiger partial charge in [0.25, 0.3) is 0 Å². The number of nitrogens with two attached hydrogens (primary N) is 1. The van der Waals surface area contributed by atoms with Crippen LogP contribution in [0.1, 0.15) is 5.56 Å². The Morgan fingerprint density at radius 1 is 0.958 bits per heavy atom. The Morgan fingerprint density at radius 3 is 2.29 bits per heavy atom. The van der Waals surface area contributed by atoms with Crippen molar-refractivity contribution >= 4 is 56.2 Å². The second-order valence-electron chi connectivity index (χ2n) is 5.13. The van der Waals surface area contributed by atoms with Crippen molar-refractivity contribution in [2.45, 2.75) is 6.92 Å². The number of halogens is 2. The number of nitrogen functional groups attached to an aromatic ring is 1. The fourth-order valence-electron chi connectivity index (χ4n) is 2.16. The van der Waals surface area contributed by atoms with E-state index in [1.807, 2.05) is 49.4 Å². The molecule has 0 aliphatic carbocycles. The molecule has 7 heteroatoms. The number of rotatable bonds is 4. The Labute approximate surface area is 153 Å². The predicted octanol–water partition coefficient (Wildman–Crippen LogP) is 5.27. The van der Waals surface area contributed by atoms with Crippen molar-refractivity contribution in [3.63, 3.8) is 0 Å². The maximum atomic E-state index is 6.22. The lowest BCUT2D eigenvalue weighted by atomic mass is 10.2. The second kappa shape index (κ2) is 7.07. The van der Waals surface area contributed by atoms with Gasteiger partial charge in [0.1, 0.15) is 12.0 Å². The van der Waals surface area contributed by atoms with Crippen LogP contribution in [-0.4, -0.2) is 9.97 Å². The van der Waals surface area contributed by atoms with Gasteiger partial charge in [0.2, 0.25) is 0 Å². The first kappa shape index (κ1) is 16.5. The van der Waals surface area contributed by atoms with Crippen molar-refractivity contribution in [1.29, 1.82) is 0 Å². The van der Waals surface area contributed by atoms with E-state index in [0.29, 0.717) is 22.3 Å². The van der Waals surface area contributed by atoms with Crippen LogP contribution in [0.5, 0.6) is 0 Å². The SMILES string of the molecule is Cc1c(Cl)cccc1Nc1ncnc(Nc2ccccc2Br)c1N. The van der Waals surface area contributed by atoms with E-state index in [2.05, 4.69) is 36.5 Å². The molecule has 0 bridgehead atoms. The van der Waals surface area contributed by atoms with Crippen LogP contribution in [0, 0.1) is 6.92 Å². The van der Waals surface area contributed by atoms with E-state index in [1.165, 1.54) is 6.33 Å². The molecule has 1 heterocycles. The molecule has 0 saturated heterocycles. The zero-order chi connectivity index (χ0) is 17.1. The number of anilines is 5. The summed E-state index contributed by atoms with van der Waals surface area (Å²) in [6.07, 6.45) is 1.46. The quantitative estimate of drug-likeness (QED) is 0.552. The minimum atomic E-state index is 0.424. The van der Waals surface area contributed by atoms with Crippen LogP contribution >= 0.6 is 27.5 Å². The van der Waals surface area contributed by atoms with Gasteiger partial charge in [-0.1, -0.05) is 29.8 Å². The van der Waals surface area contributed by atoms with Crippen LogP contribution in [0.15, 0.2) is 53.3 Å². The molecular weight excluding hydrogens is 390 g/mol. The highest BCUT2D eigenvalue weighted by Crippen LogP contribution is 2.32. The summed E-state index contributed by atoms with van der Waals surface area (Å²) < 4.78 is 0.920. The summed E-state index contributed by atoms with van der Waals surface area (Å²) >= 11 is 9.65. The molecule has 24 heavy (non-hydrogen) atoms. The molecule has 0 atom stereocenters. The van der Waals surface area contributed by atoms with Gasteiger partial charge in [-0.3, -0.25) is 0 Å². The molecule has 3 rings (SSSR count). The van der Waals surface area contributed by atoms with Crippen LogP contribution in [-0.2, 0) is 0 Å². The normalized spacial score (nSPS) is 10.5. The van der Waals surface area contributed by atoms with Gasteiger partial charge < -0.3 is 16.4 Å². The number of hydrogen-bond acceptors (Lipinski definition) is 5. The molecule has 0 aliphatic heterocycles. The number of nitrogens with one attached hydrogen (secondary N) is 2. The standard InChI is InChI=1S/C17H15BrClN5/c1-10-12(19)6-4-8-13(10)23-16-15(20)17(22-9-21-16)24-14-7-3-2-5-11(14)18/h2-9H,20H2,1H3,(H2,21,22,23,24). The van der Waals surface area contributed by atoms with Crippen LogP contribution in [0.3, 0.4) is 0 Å². The largest absolute Gasteiger partial charge is 0.393 e. The van der Waals surface area contributed by atoms with Gasteiger partial charge in [-0.05, 0) is 52.7 Å². The van der Waals surface area contributed by atoms with Crippen LogP contribution in [0.4, 0.5) is 28.7 Å². The summed E-state index contributed by atoms with van der Waals surface area (Å²) in [6.45, 7) is 1.93. The molecule has 1 aromatic heterocycles. The monoisotopic (exact) mass is 403 g/mol. The summed E-state index contributed by atoms with van der Waals surface area (Å²) in [5.41, 5.74) is 9.29. The zero-order valence-corrected chi connectivity index (χ0v) is 15.2. The Hall–Kier alpha value is -2.31. The molecule has 0 fully saturated rings. The maximum absolute atomic E-state index is 6.22. The summed E-state index contributed by atoms with van der Waals surface area (Å²) in [4.78, 5) is 8.45. The molecule has 0 saturated carbocycles. The van der Waals surface area contributed by atoms with E-state index in [0.717, 1.165) is 21.4 Å². The predicted molar refractivity (Wildman–Crippen MR) is 103 cm³/mol. The third-order valence-corrected chi connectivity index (χ3v) is 4.63. The molecule has 3 aromatic rings. The van der Waals surface area contributed by atoms with Gasteiger partial charge >= 0.3 is 0 Å². The lowest BCUT2D eigenvalue weighted by molar-refractivity contribution is 1.17. The van der Waals surface area contributed by atoms with Gasteiger partial charge in [-0.15, -0.1) is 0 Å². The minimum Gasteiger partial charge on any atom is -0.393 e. The van der Waals surface area contributed by atoms with Crippen molar-refractivity contribution in [2.75, 3.05) is 16.4 Å². The third kappa shape index (κ3) is 3.44. The van der Waals surface area contributed by atoms with E-state index in [-0.39, 0.29) is 0 Å². The molecule has 4 N–H and O–H groups in total. The Morgan fingerprint density at radius 2 is 1.58 bits per heavy atom. The maximum Gasteiger partial charge on any atom is 0.159 e. The van der Waals surface area contributed by atoms with E-state index in [1.54, 1.807) is 0 Å². The lowest BCUT2D eigenvalue weighted by Crippen LogP contribution is -2.06. The molecule has 0 aliphatic rings. The molecular formula is C17H15BrClN5. The van der Waals surface area contributed by atoms with Gasteiger partial charge in [-0.2, -0.15) is 0 Å². The molecule has 5 nitrogen and oxygen atoms in total. The molecule has 0 spiro atoms. The highest BCUT2D eigenvalue weighted by atomic mass is 79.9. The molecule has 0 amide bonds. The lowest BCUT2D eigenvalue weighted by Gasteiger charge is -2.14. The number of hydrogen-bond donors (Lipinski definition) is 3. The highest BCUT2D eigenvalue weighted by Gasteiger charge is 2.11. The summed E-state index contributed by atoms with van der Waals surface area (Å²) in [6, 6.07) is 13.4. The average molecular weight is 405 g/mol. The molecule has 122 valence electrons. The first-order chi connectivity index (χ1) is 11.6. The minimum absolute atomic E-state index is 0.424. The van der Waals surface area contributed by atoms with Crippen molar-refractivity contribution < 1.29 is 0 Å². The van der Waals surface area contributed by atoms with E-state index >= 15 is 0 Å². The van der Waals surface area contributed by atoms with E-state index in [9.17, 15) is 0 Å². The Balaban J connectivity index is 1.91. The Bertz CT molecular complexity index is 885. The van der Waals surface area contributed by atoms with Gasteiger partial charge in [-0.25, -0.2) is 9.97 Å². The number of aromatic nitrogens is 2. The molecule has 0 unspecified atom stereocenters. The van der Waals surface area contributed by atoms with Crippen molar-refractivity contribution in [3.05, 3.63) is 63.9 Å². The fourth-order valence-corrected chi connectivity index (χ4v) is 2.71. The number of para-hydroxylation sites is 1. The van der Waals surface area contributed by atoms with Gasteiger partial charge in [0, 0.05) is 15.2 Å². The first-order valence-corrected chi connectivity index (χ1v) is 8.37. The highest BCUT2D eigenvalue weighted by molar-refractivity contribution is 9.10. The first-order valence-electron chi connectivity index (χ1n) is 7.20. The van der Waals surface area contributed by atoms with Crippen LogP contribution in [0.25, 0.3) is 0 Å².